The molecule has 1 heterocycles. The zero-order valence-corrected chi connectivity index (χ0v) is 19.2. The van der Waals surface area contributed by atoms with Gasteiger partial charge in [0.15, 0.2) is 0 Å². The van der Waals surface area contributed by atoms with Crippen molar-refractivity contribution in [1.29, 1.82) is 0 Å². The average molecular weight is 457 g/mol. The normalized spacial score (nSPS) is 13.6. The van der Waals surface area contributed by atoms with Crippen LogP contribution < -0.4 is 14.8 Å². The fourth-order valence-corrected chi connectivity index (χ4v) is 3.50. The van der Waals surface area contributed by atoms with E-state index in [0.717, 1.165) is 12.8 Å². The Morgan fingerprint density at radius 2 is 1.67 bits per heavy atom. The van der Waals surface area contributed by atoms with Gasteiger partial charge in [0.25, 0.3) is 11.8 Å². The van der Waals surface area contributed by atoms with Crippen LogP contribution in [0.5, 0.6) is 11.5 Å². The SMILES string of the molecule is CCCCOCCCN1C(=O)C(Nc2cc(OC)ccc2OC)=C(c2ccc(F)cc2)C1=O. The van der Waals surface area contributed by atoms with Gasteiger partial charge in [0, 0.05) is 25.8 Å². The Morgan fingerprint density at radius 1 is 0.939 bits per heavy atom. The summed E-state index contributed by atoms with van der Waals surface area (Å²) in [5.41, 5.74) is 1.19. The molecule has 0 saturated carbocycles. The fourth-order valence-electron chi connectivity index (χ4n) is 3.50. The minimum atomic E-state index is -0.460. The molecule has 0 saturated heterocycles. The number of nitrogens with zero attached hydrogens (tertiary/aromatic N) is 1. The van der Waals surface area contributed by atoms with Crippen LogP contribution in [0.15, 0.2) is 48.2 Å². The third-order valence-corrected chi connectivity index (χ3v) is 5.28. The van der Waals surface area contributed by atoms with Gasteiger partial charge < -0.3 is 19.5 Å². The maximum Gasteiger partial charge on any atom is 0.278 e. The second kappa shape index (κ2) is 11.5. The first-order valence-corrected chi connectivity index (χ1v) is 10.9. The van der Waals surface area contributed by atoms with E-state index in [9.17, 15) is 14.0 Å². The molecule has 2 aromatic rings. The lowest BCUT2D eigenvalue weighted by Gasteiger charge is -2.16. The molecule has 0 spiro atoms. The first kappa shape index (κ1) is 24.3. The number of benzene rings is 2. The van der Waals surface area contributed by atoms with Crippen molar-refractivity contribution in [3.8, 4) is 11.5 Å². The molecule has 7 nitrogen and oxygen atoms in total. The lowest BCUT2D eigenvalue weighted by molar-refractivity contribution is -0.137. The van der Waals surface area contributed by atoms with Crippen LogP contribution in [0.25, 0.3) is 5.57 Å². The van der Waals surface area contributed by atoms with Crippen molar-refractivity contribution in [3.05, 3.63) is 59.5 Å². The summed E-state index contributed by atoms with van der Waals surface area (Å²) in [5.74, 6) is -0.298. The number of hydrogen-bond donors (Lipinski definition) is 1. The zero-order chi connectivity index (χ0) is 23.8. The fraction of sp³-hybridized carbons (Fsp3) is 0.360. The molecular formula is C25H29FN2O5. The van der Waals surface area contributed by atoms with Gasteiger partial charge in [0.1, 0.15) is 23.0 Å². The van der Waals surface area contributed by atoms with Crippen LogP contribution in [0.3, 0.4) is 0 Å². The number of methoxy groups -OCH3 is 2. The number of halogens is 1. The van der Waals surface area contributed by atoms with Gasteiger partial charge in [-0.2, -0.15) is 0 Å². The van der Waals surface area contributed by atoms with Crippen molar-refractivity contribution in [2.75, 3.05) is 39.3 Å². The van der Waals surface area contributed by atoms with Crippen LogP contribution in [0, 0.1) is 5.82 Å². The van der Waals surface area contributed by atoms with Crippen molar-refractivity contribution in [2.24, 2.45) is 0 Å². The molecule has 176 valence electrons. The summed E-state index contributed by atoms with van der Waals surface area (Å²) < 4.78 is 29.7. The lowest BCUT2D eigenvalue weighted by atomic mass is 10.0. The van der Waals surface area contributed by atoms with Crippen molar-refractivity contribution in [2.45, 2.75) is 26.2 Å². The molecule has 3 rings (SSSR count). The maximum atomic E-state index is 13.5. The standard InChI is InChI=1S/C25H29FN2O5/c1-4-5-14-33-15-6-13-28-24(29)22(17-7-9-18(26)10-8-17)23(25(28)30)27-20-16-19(31-2)11-12-21(20)32-3/h7-12,16,27H,4-6,13-15H2,1-3H3. The Hall–Kier alpha value is -3.39. The number of amides is 2. The smallest absolute Gasteiger partial charge is 0.278 e. The van der Waals surface area contributed by atoms with Crippen molar-refractivity contribution in [3.63, 3.8) is 0 Å². The van der Waals surface area contributed by atoms with Crippen molar-refractivity contribution >= 4 is 23.1 Å². The van der Waals surface area contributed by atoms with E-state index in [2.05, 4.69) is 12.2 Å². The molecule has 0 atom stereocenters. The first-order valence-electron chi connectivity index (χ1n) is 10.9. The second-order valence-electron chi connectivity index (χ2n) is 7.53. The Balaban J connectivity index is 1.90. The summed E-state index contributed by atoms with van der Waals surface area (Å²) in [5, 5.41) is 3.06. The quantitative estimate of drug-likeness (QED) is 0.380. The van der Waals surface area contributed by atoms with Crippen LogP contribution in [0.4, 0.5) is 10.1 Å². The first-order chi connectivity index (χ1) is 16.0. The number of ether oxygens (including phenoxy) is 3. The van der Waals surface area contributed by atoms with E-state index in [1.54, 1.807) is 18.2 Å². The third-order valence-electron chi connectivity index (χ3n) is 5.28. The van der Waals surface area contributed by atoms with E-state index < -0.39 is 17.6 Å². The topological polar surface area (TPSA) is 77.1 Å². The highest BCUT2D eigenvalue weighted by Crippen LogP contribution is 2.35. The minimum Gasteiger partial charge on any atom is -0.497 e. The van der Waals surface area contributed by atoms with Gasteiger partial charge >= 0.3 is 0 Å². The molecule has 2 amide bonds. The number of hydrogen-bond acceptors (Lipinski definition) is 6. The van der Waals surface area contributed by atoms with E-state index in [1.165, 1.54) is 43.4 Å². The molecule has 0 aromatic heterocycles. The predicted molar refractivity (Wildman–Crippen MR) is 124 cm³/mol. The predicted octanol–water partition coefficient (Wildman–Crippen LogP) is 4.24. The Morgan fingerprint density at radius 3 is 2.33 bits per heavy atom. The third kappa shape index (κ3) is 5.70. The van der Waals surface area contributed by atoms with Crippen molar-refractivity contribution < 1.29 is 28.2 Å². The van der Waals surface area contributed by atoms with E-state index in [1.807, 2.05) is 0 Å². The Kier molecular flexibility index (Phi) is 8.43. The number of anilines is 1. The average Bonchev–Trinajstić information content (AvgIpc) is 3.05. The van der Waals surface area contributed by atoms with Gasteiger partial charge in [-0.15, -0.1) is 0 Å². The molecule has 1 N–H and O–H groups in total. The van der Waals surface area contributed by atoms with Crippen LogP contribution in [-0.2, 0) is 14.3 Å². The maximum absolute atomic E-state index is 13.5. The summed E-state index contributed by atoms with van der Waals surface area (Å²) in [6.45, 7) is 3.41. The van der Waals surface area contributed by atoms with E-state index in [4.69, 9.17) is 14.2 Å². The van der Waals surface area contributed by atoms with Gasteiger partial charge in [0.05, 0.1) is 25.5 Å². The molecule has 0 bridgehead atoms. The van der Waals surface area contributed by atoms with E-state index >= 15 is 0 Å². The Bertz CT molecular complexity index is 1020. The summed E-state index contributed by atoms with van der Waals surface area (Å²) in [7, 11) is 3.04. The van der Waals surface area contributed by atoms with Gasteiger partial charge in [-0.25, -0.2) is 4.39 Å². The number of carbonyl (C=O) groups is 2. The van der Waals surface area contributed by atoms with Crippen molar-refractivity contribution in [1.82, 2.24) is 4.90 Å². The van der Waals surface area contributed by atoms with Crippen LogP contribution in [0.1, 0.15) is 31.7 Å². The number of imide groups is 1. The molecule has 0 aliphatic carbocycles. The molecule has 0 fully saturated rings. The number of carbonyl (C=O) groups excluding carboxylic acids is 2. The van der Waals surface area contributed by atoms with Gasteiger partial charge in [-0.05, 0) is 42.7 Å². The molecular weight excluding hydrogens is 427 g/mol. The minimum absolute atomic E-state index is 0.102. The summed E-state index contributed by atoms with van der Waals surface area (Å²) >= 11 is 0. The largest absolute Gasteiger partial charge is 0.497 e. The molecule has 0 unspecified atom stereocenters. The second-order valence-corrected chi connectivity index (χ2v) is 7.53. The monoisotopic (exact) mass is 456 g/mol. The molecule has 0 radical (unpaired) electrons. The van der Waals surface area contributed by atoms with E-state index in [-0.39, 0.29) is 17.8 Å². The van der Waals surface area contributed by atoms with Crippen LogP contribution >= 0.6 is 0 Å². The molecule has 1 aliphatic heterocycles. The zero-order valence-electron chi connectivity index (χ0n) is 19.2. The molecule has 1 aliphatic rings. The van der Waals surface area contributed by atoms with Crippen LogP contribution in [0.2, 0.25) is 0 Å². The van der Waals surface area contributed by atoms with Gasteiger partial charge in [-0.3, -0.25) is 14.5 Å². The summed E-state index contributed by atoms with van der Waals surface area (Å²) in [6.07, 6.45) is 2.53. The highest BCUT2D eigenvalue weighted by molar-refractivity contribution is 6.36. The van der Waals surface area contributed by atoms with Gasteiger partial charge in [-0.1, -0.05) is 25.5 Å². The molecule has 2 aromatic carbocycles. The highest BCUT2D eigenvalue weighted by atomic mass is 19.1. The summed E-state index contributed by atoms with van der Waals surface area (Å²) in [6, 6.07) is 10.6. The molecule has 8 heteroatoms. The Labute approximate surface area is 193 Å². The van der Waals surface area contributed by atoms with E-state index in [0.29, 0.717) is 42.4 Å². The number of unbranched alkanes of at least 4 members (excludes halogenated alkanes) is 1. The lowest BCUT2D eigenvalue weighted by Crippen LogP contribution is -2.34. The number of nitrogens with one attached hydrogen (secondary N) is 1. The number of rotatable bonds is 12. The van der Waals surface area contributed by atoms with Crippen LogP contribution in [-0.4, -0.2) is 50.7 Å². The summed E-state index contributed by atoms with van der Waals surface area (Å²) in [4.78, 5) is 27.7. The molecule has 33 heavy (non-hydrogen) atoms. The highest BCUT2D eigenvalue weighted by Gasteiger charge is 2.39. The van der Waals surface area contributed by atoms with Gasteiger partial charge in [0.2, 0.25) is 0 Å².